The van der Waals surface area contributed by atoms with E-state index in [0.29, 0.717) is 0 Å². The van der Waals surface area contributed by atoms with Crippen LogP contribution < -0.4 is 5.32 Å². The van der Waals surface area contributed by atoms with Crippen LogP contribution in [0.3, 0.4) is 0 Å². The molecule has 2 nitrogen and oxygen atoms in total. The molecule has 0 amide bonds. The van der Waals surface area contributed by atoms with Crippen LogP contribution in [0.15, 0.2) is 0 Å². The van der Waals surface area contributed by atoms with Crippen molar-refractivity contribution < 1.29 is 0 Å². The molecule has 0 aliphatic heterocycles. The fraction of sp³-hybridized carbons (Fsp3) is 0.824. The van der Waals surface area contributed by atoms with Crippen LogP contribution in [-0.4, -0.2) is 12.0 Å². The Morgan fingerprint density at radius 1 is 1.30 bits per heavy atom. The summed E-state index contributed by atoms with van der Waals surface area (Å²) in [4.78, 5) is 6.37. The number of hydrogen-bond acceptors (Lipinski definition) is 3. The number of aromatic nitrogens is 1. The third-order valence-corrected chi connectivity index (χ3v) is 6.22. The van der Waals surface area contributed by atoms with Crippen molar-refractivity contribution in [1.29, 1.82) is 0 Å². The molecule has 0 spiro atoms. The molecule has 1 aliphatic rings. The summed E-state index contributed by atoms with van der Waals surface area (Å²) in [5, 5.41) is 4.99. The summed E-state index contributed by atoms with van der Waals surface area (Å²) >= 11 is 1.92. The summed E-state index contributed by atoms with van der Waals surface area (Å²) in [5.74, 6) is 0.932. The number of rotatable bonds is 5. The molecule has 0 aromatic carbocycles. The van der Waals surface area contributed by atoms with Gasteiger partial charge in [0.1, 0.15) is 5.01 Å². The van der Waals surface area contributed by atoms with Gasteiger partial charge in [0.2, 0.25) is 0 Å². The van der Waals surface area contributed by atoms with Gasteiger partial charge >= 0.3 is 0 Å². The first-order valence-corrected chi connectivity index (χ1v) is 9.12. The molecule has 1 aromatic rings. The van der Waals surface area contributed by atoms with Gasteiger partial charge < -0.3 is 5.32 Å². The lowest BCUT2D eigenvalue weighted by Crippen LogP contribution is -2.39. The largest absolute Gasteiger partial charge is 0.308 e. The Morgan fingerprint density at radius 3 is 2.70 bits per heavy atom. The normalized spacial score (nSPS) is 27.5. The van der Waals surface area contributed by atoms with Crippen LogP contribution in [0, 0.1) is 12.8 Å². The molecule has 1 aromatic heterocycles. The summed E-state index contributed by atoms with van der Waals surface area (Å²) < 4.78 is 0. The molecule has 1 aliphatic carbocycles. The van der Waals surface area contributed by atoms with E-state index in [9.17, 15) is 0 Å². The lowest BCUT2D eigenvalue weighted by molar-refractivity contribution is 0.304. The van der Waals surface area contributed by atoms with Crippen molar-refractivity contribution in [2.45, 2.75) is 77.7 Å². The third-order valence-electron chi connectivity index (χ3n) is 5.01. The van der Waals surface area contributed by atoms with Crippen LogP contribution in [0.25, 0.3) is 0 Å². The molecule has 20 heavy (non-hydrogen) atoms. The minimum Gasteiger partial charge on any atom is -0.308 e. The second-order valence-corrected chi connectivity index (χ2v) is 7.50. The first kappa shape index (κ1) is 16.0. The van der Waals surface area contributed by atoms with Gasteiger partial charge in [0, 0.05) is 4.88 Å². The zero-order valence-corrected chi connectivity index (χ0v) is 14.4. The standard InChI is InChI=1S/C17H30N2S/c1-5-8-14-9-7-11-17(18-4,12-10-14)16-19-15(6-2)13(3)20-16/h14,18H,5-12H2,1-4H3. The van der Waals surface area contributed by atoms with Crippen molar-refractivity contribution in [2.24, 2.45) is 5.92 Å². The van der Waals surface area contributed by atoms with Gasteiger partial charge in [-0.3, -0.25) is 0 Å². The molecule has 2 atom stereocenters. The first-order valence-electron chi connectivity index (χ1n) is 8.31. The Morgan fingerprint density at radius 2 is 2.10 bits per heavy atom. The van der Waals surface area contributed by atoms with E-state index >= 15 is 0 Å². The van der Waals surface area contributed by atoms with Gasteiger partial charge in [-0.05, 0) is 45.6 Å². The predicted octanol–water partition coefficient (Wildman–Crippen LogP) is 4.81. The lowest BCUT2D eigenvalue weighted by atomic mass is 9.89. The highest BCUT2D eigenvalue weighted by Gasteiger charge is 2.36. The van der Waals surface area contributed by atoms with Crippen LogP contribution in [0.5, 0.6) is 0 Å². The van der Waals surface area contributed by atoms with Crippen LogP contribution >= 0.6 is 11.3 Å². The van der Waals surface area contributed by atoms with Gasteiger partial charge in [0.15, 0.2) is 0 Å². The van der Waals surface area contributed by atoms with Gasteiger partial charge in [-0.15, -0.1) is 11.3 Å². The van der Waals surface area contributed by atoms with E-state index in [-0.39, 0.29) is 5.54 Å². The maximum Gasteiger partial charge on any atom is 0.113 e. The summed E-state index contributed by atoms with van der Waals surface area (Å²) in [5.41, 5.74) is 1.44. The maximum absolute atomic E-state index is 4.96. The Kier molecular flexibility index (Phi) is 5.62. The molecule has 1 fully saturated rings. The third kappa shape index (κ3) is 3.25. The van der Waals surface area contributed by atoms with Crippen molar-refractivity contribution >= 4 is 11.3 Å². The topological polar surface area (TPSA) is 24.9 Å². The zero-order chi connectivity index (χ0) is 14.6. The second kappa shape index (κ2) is 7.04. The average Bonchev–Trinajstić information content (AvgIpc) is 2.71. The molecule has 0 saturated heterocycles. The molecule has 0 radical (unpaired) electrons. The Labute approximate surface area is 128 Å². The van der Waals surface area contributed by atoms with E-state index in [4.69, 9.17) is 4.98 Å². The highest BCUT2D eigenvalue weighted by atomic mass is 32.1. The number of hydrogen-bond donors (Lipinski definition) is 1. The second-order valence-electron chi connectivity index (χ2n) is 6.29. The highest BCUT2D eigenvalue weighted by Crippen LogP contribution is 2.41. The zero-order valence-electron chi connectivity index (χ0n) is 13.6. The number of aryl methyl sites for hydroxylation is 2. The van der Waals surface area contributed by atoms with Crippen molar-refractivity contribution in [3.05, 3.63) is 15.6 Å². The van der Waals surface area contributed by atoms with Crippen molar-refractivity contribution in [3.63, 3.8) is 0 Å². The molecule has 114 valence electrons. The predicted molar refractivity (Wildman–Crippen MR) is 88.4 cm³/mol. The summed E-state index contributed by atoms with van der Waals surface area (Å²) in [6.45, 7) is 6.75. The smallest absolute Gasteiger partial charge is 0.113 e. The number of nitrogens with zero attached hydrogens (tertiary/aromatic N) is 1. The van der Waals surface area contributed by atoms with Crippen LogP contribution in [0.2, 0.25) is 0 Å². The van der Waals surface area contributed by atoms with E-state index in [1.165, 1.54) is 60.5 Å². The Hall–Kier alpha value is -0.410. The highest BCUT2D eigenvalue weighted by molar-refractivity contribution is 7.11. The summed E-state index contributed by atoms with van der Waals surface area (Å²) in [6.07, 6.45) is 10.4. The quantitative estimate of drug-likeness (QED) is 0.788. The molecule has 1 N–H and O–H groups in total. The minimum absolute atomic E-state index is 0.144. The van der Waals surface area contributed by atoms with Crippen molar-refractivity contribution in [2.75, 3.05) is 7.05 Å². The van der Waals surface area contributed by atoms with Gasteiger partial charge in [0.05, 0.1) is 11.2 Å². The van der Waals surface area contributed by atoms with E-state index in [0.717, 1.165) is 12.3 Å². The van der Waals surface area contributed by atoms with Gasteiger partial charge in [-0.25, -0.2) is 4.98 Å². The van der Waals surface area contributed by atoms with E-state index in [1.54, 1.807) is 0 Å². The molecule has 2 rings (SSSR count). The molecule has 2 unspecified atom stereocenters. The first-order chi connectivity index (χ1) is 9.65. The van der Waals surface area contributed by atoms with E-state index in [1.807, 2.05) is 11.3 Å². The van der Waals surface area contributed by atoms with Crippen molar-refractivity contribution in [3.8, 4) is 0 Å². The molecule has 1 saturated carbocycles. The SMILES string of the molecule is CCCC1CCCC(NC)(c2nc(CC)c(C)s2)CC1. The maximum atomic E-state index is 4.96. The van der Waals surface area contributed by atoms with Gasteiger partial charge in [-0.2, -0.15) is 0 Å². The molecule has 3 heteroatoms. The molecular formula is C17H30N2S. The average molecular weight is 295 g/mol. The van der Waals surface area contributed by atoms with Crippen LogP contribution in [0.1, 0.15) is 74.4 Å². The summed E-state index contributed by atoms with van der Waals surface area (Å²) in [6, 6.07) is 0. The fourth-order valence-electron chi connectivity index (χ4n) is 3.64. The minimum atomic E-state index is 0.144. The van der Waals surface area contributed by atoms with Crippen LogP contribution in [0.4, 0.5) is 0 Å². The summed E-state index contributed by atoms with van der Waals surface area (Å²) in [7, 11) is 2.13. The van der Waals surface area contributed by atoms with Crippen LogP contribution in [-0.2, 0) is 12.0 Å². The van der Waals surface area contributed by atoms with Gasteiger partial charge in [-0.1, -0.05) is 39.5 Å². The number of thiazole rings is 1. The van der Waals surface area contributed by atoms with E-state index in [2.05, 4.69) is 33.1 Å². The van der Waals surface area contributed by atoms with Crippen molar-refractivity contribution in [1.82, 2.24) is 10.3 Å². The molecule has 0 bridgehead atoms. The monoisotopic (exact) mass is 294 g/mol. The Bertz CT molecular complexity index is 427. The fourth-order valence-corrected chi connectivity index (χ4v) is 4.90. The Balaban J connectivity index is 2.20. The lowest BCUT2D eigenvalue weighted by Gasteiger charge is -2.30. The van der Waals surface area contributed by atoms with Gasteiger partial charge in [0.25, 0.3) is 0 Å². The van der Waals surface area contributed by atoms with E-state index < -0.39 is 0 Å². The molecular weight excluding hydrogens is 264 g/mol. The number of nitrogens with one attached hydrogen (secondary N) is 1. The molecule has 1 heterocycles.